The molecule has 1 aromatic rings. The van der Waals surface area contributed by atoms with E-state index >= 15 is 0 Å². The van der Waals surface area contributed by atoms with E-state index in [2.05, 4.69) is 0 Å². The van der Waals surface area contributed by atoms with Crippen LogP contribution in [-0.2, 0) is 19.6 Å². The zero-order valence-electron chi connectivity index (χ0n) is 14.1. The summed E-state index contributed by atoms with van der Waals surface area (Å²) in [4.78, 5) is 36.9. The second kappa shape index (κ2) is 8.82. The molecule has 1 aromatic carbocycles. The zero-order chi connectivity index (χ0) is 20.4. The number of amides is 1. The normalized spacial score (nSPS) is 18.3. The van der Waals surface area contributed by atoms with E-state index in [0.717, 1.165) is 17.8 Å². The summed E-state index contributed by atoms with van der Waals surface area (Å²) in [6.45, 7) is 1.61. The number of primary sulfonamides is 1. The van der Waals surface area contributed by atoms with Crippen molar-refractivity contribution in [2.45, 2.75) is 17.9 Å². The molecule has 1 aliphatic rings. The molecule has 1 saturated heterocycles. The molecule has 0 spiro atoms. The molecule has 8 nitrogen and oxygen atoms in total. The van der Waals surface area contributed by atoms with E-state index in [1.807, 2.05) is 0 Å². The lowest BCUT2D eigenvalue weighted by Crippen LogP contribution is -2.44. The molecule has 12 heteroatoms. The van der Waals surface area contributed by atoms with E-state index in [1.165, 1.54) is 28.8 Å². The van der Waals surface area contributed by atoms with E-state index in [4.69, 9.17) is 21.8 Å². The molecule has 148 valence electrons. The number of carbonyl (C=O) groups is 3. The van der Waals surface area contributed by atoms with E-state index in [-0.39, 0.29) is 27.1 Å². The number of rotatable bonds is 6. The van der Waals surface area contributed by atoms with Gasteiger partial charge in [-0.25, -0.2) is 18.4 Å². The predicted octanol–water partition coefficient (Wildman–Crippen LogP) is 1.48. The molecule has 1 unspecified atom stereocenters. The molecule has 1 fully saturated rings. The van der Waals surface area contributed by atoms with Gasteiger partial charge >= 0.3 is 5.97 Å². The number of hydrogen-bond acceptors (Lipinski definition) is 7. The molecular weight excluding hydrogens is 436 g/mol. The standard InChI is InChI=1S/C15H17ClN2O6S3/c1-8(13(19)18-7-25-6-11(18)14(20)21)5-26-15(22)9-2-3-10(16)12(4-9)27(17,23)24/h2-4,8,11H,5-7H2,1H3,(H,20,21)(H2,17,23,24)/t8?,11-/m0/s1. The van der Waals surface area contributed by atoms with Crippen molar-refractivity contribution in [2.24, 2.45) is 11.1 Å². The van der Waals surface area contributed by atoms with Crippen LogP contribution in [0.5, 0.6) is 0 Å². The molecule has 1 aliphatic heterocycles. The largest absolute Gasteiger partial charge is 0.480 e. The van der Waals surface area contributed by atoms with Crippen molar-refractivity contribution in [1.82, 2.24) is 4.90 Å². The summed E-state index contributed by atoms with van der Waals surface area (Å²) >= 11 is 7.99. The Morgan fingerprint density at radius 2 is 2.11 bits per heavy atom. The van der Waals surface area contributed by atoms with Gasteiger partial charge in [-0.05, 0) is 18.2 Å². The first-order valence-electron chi connectivity index (χ1n) is 7.63. The Morgan fingerprint density at radius 3 is 2.70 bits per heavy atom. The maximum atomic E-state index is 12.5. The lowest BCUT2D eigenvalue weighted by molar-refractivity contribution is -0.148. The van der Waals surface area contributed by atoms with Crippen LogP contribution in [0.3, 0.4) is 0 Å². The van der Waals surface area contributed by atoms with Crippen LogP contribution in [0.15, 0.2) is 23.1 Å². The Hall–Kier alpha value is -1.27. The maximum Gasteiger partial charge on any atom is 0.327 e. The molecule has 2 rings (SSSR count). The highest BCUT2D eigenvalue weighted by molar-refractivity contribution is 8.14. The third-order valence-corrected chi connectivity index (χ3v) is 7.38. The van der Waals surface area contributed by atoms with E-state index < -0.39 is 33.1 Å². The molecule has 1 amide bonds. The second-order valence-corrected chi connectivity index (χ2v) is 9.78. The molecule has 0 bridgehead atoms. The Morgan fingerprint density at radius 1 is 1.44 bits per heavy atom. The van der Waals surface area contributed by atoms with Gasteiger partial charge in [0, 0.05) is 23.0 Å². The SMILES string of the molecule is CC(CSC(=O)c1ccc(Cl)c(S(N)(=O)=O)c1)C(=O)N1CSC[C@H]1C(=O)O. The topological polar surface area (TPSA) is 135 Å². The molecule has 27 heavy (non-hydrogen) atoms. The minimum Gasteiger partial charge on any atom is -0.480 e. The van der Waals surface area contributed by atoms with Crippen molar-refractivity contribution < 1.29 is 27.9 Å². The van der Waals surface area contributed by atoms with E-state index in [0.29, 0.717) is 11.6 Å². The van der Waals surface area contributed by atoms with Crippen molar-refractivity contribution >= 4 is 62.1 Å². The Balaban J connectivity index is 2.03. The van der Waals surface area contributed by atoms with Gasteiger partial charge in [0.05, 0.1) is 10.9 Å². The molecule has 2 atom stereocenters. The van der Waals surface area contributed by atoms with Gasteiger partial charge in [-0.2, -0.15) is 0 Å². The number of carboxylic acid groups (broad SMARTS) is 1. The summed E-state index contributed by atoms with van der Waals surface area (Å²) in [6.07, 6.45) is 0. The average Bonchev–Trinajstić information content (AvgIpc) is 3.08. The zero-order valence-corrected chi connectivity index (χ0v) is 17.3. The van der Waals surface area contributed by atoms with Crippen LogP contribution in [0.25, 0.3) is 0 Å². The van der Waals surface area contributed by atoms with Gasteiger partial charge in [-0.3, -0.25) is 9.59 Å². The number of halogens is 1. The summed E-state index contributed by atoms with van der Waals surface area (Å²) in [5, 5.41) is 13.7. The highest BCUT2D eigenvalue weighted by atomic mass is 35.5. The minimum atomic E-state index is -4.07. The number of carbonyl (C=O) groups excluding carboxylic acids is 2. The molecule has 0 aliphatic carbocycles. The number of thioether (sulfide) groups is 2. The molecular formula is C15H17ClN2O6S3. The first-order chi connectivity index (χ1) is 12.5. The summed E-state index contributed by atoms with van der Waals surface area (Å²) < 4.78 is 23.0. The number of carboxylic acids is 1. The first kappa shape index (κ1) is 22.0. The van der Waals surface area contributed by atoms with Crippen molar-refractivity contribution in [1.29, 1.82) is 0 Å². The lowest BCUT2D eigenvalue weighted by Gasteiger charge is -2.23. The van der Waals surface area contributed by atoms with Crippen molar-refractivity contribution in [3.63, 3.8) is 0 Å². The molecule has 3 N–H and O–H groups in total. The quantitative estimate of drug-likeness (QED) is 0.662. The number of benzene rings is 1. The molecule has 0 aromatic heterocycles. The number of nitrogens with two attached hydrogens (primary N) is 1. The predicted molar refractivity (Wildman–Crippen MR) is 104 cm³/mol. The van der Waals surface area contributed by atoms with Gasteiger partial charge in [0.1, 0.15) is 10.9 Å². The lowest BCUT2D eigenvalue weighted by atomic mass is 10.1. The van der Waals surface area contributed by atoms with Crippen LogP contribution >= 0.6 is 35.1 Å². The van der Waals surface area contributed by atoms with Crippen molar-refractivity contribution in [3.05, 3.63) is 28.8 Å². The Kier molecular flexibility index (Phi) is 7.20. The second-order valence-electron chi connectivity index (χ2n) is 5.85. The number of sulfonamides is 1. The highest BCUT2D eigenvalue weighted by Crippen LogP contribution is 2.27. The van der Waals surface area contributed by atoms with Crippen LogP contribution < -0.4 is 5.14 Å². The summed E-state index contributed by atoms with van der Waals surface area (Å²) in [5.41, 5.74) is 0.0909. The van der Waals surface area contributed by atoms with Crippen LogP contribution in [0, 0.1) is 5.92 Å². The number of hydrogen-bond donors (Lipinski definition) is 2. The monoisotopic (exact) mass is 452 g/mol. The smallest absolute Gasteiger partial charge is 0.327 e. The van der Waals surface area contributed by atoms with Gasteiger partial charge in [0.15, 0.2) is 0 Å². The van der Waals surface area contributed by atoms with Crippen LogP contribution in [0.1, 0.15) is 17.3 Å². The summed E-state index contributed by atoms with van der Waals surface area (Å²) in [6, 6.07) is 2.87. The summed E-state index contributed by atoms with van der Waals surface area (Å²) in [7, 11) is -4.07. The van der Waals surface area contributed by atoms with Crippen LogP contribution in [0.4, 0.5) is 0 Å². The first-order valence-corrected chi connectivity index (χ1v) is 11.7. The van der Waals surface area contributed by atoms with Gasteiger partial charge in [-0.15, -0.1) is 11.8 Å². The van der Waals surface area contributed by atoms with Gasteiger partial charge in [-0.1, -0.05) is 30.3 Å². The fourth-order valence-electron chi connectivity index (χ4n) is 2.35. The summed E-state index contributed by atoms with van der Waals surface area (Å²) in [5.74, 6) is -1.22. The number of aliphatic carboxylic acids is 1. The fraction of sp³-hybridized carbons (Fsp3) is 0.400. The minimum absolute atomic E-state index is 0.0890. The third kappa shape index (κ3) is 5.38. The maximum absolute atomic E-state index is 12.5. The van der Waals surface area contributed by atoms with E-state index in [9.17, 15) is 22.8 Å². The fourth-order valence-corrected chi connectivity index (χ4v) is 5.42. The van der Waals surface area contributed by atoms with Gasteiger partial charge in [0.2, 0.25) is 21.0 Å². The Bertz CT molecular complexity index is 876. The highest BCUT2D eigenvalue weighted by Gasteiger charge is 2.36. The van der Waals surface area contributed by atoms with Crippen LogP contribution in [-0.4, -0.2) is 58.8 Å². The van der Waals surface area contributed by atoms with E-state index in [1.54, 1.807) is 6.92 Å². The third-order valence-electron chi connectivity index (χ3n) is 3.81. The van der Waals surface area contributed by atoms with Gasteiger partial charge in [0.25, 0.3) is 0 Å². The molecule has 0 saturated carbocycles. The van der Waals surface area contributed by atoms with Crippen molar-refractivity contribution in [2.75, 3.05) is 17.4 Å². The molecule has 1 heterocycles. The van der Waals surface area contributed by atoms with Crippen molar-refractivity contribution in [3.8, 4) is 0 Å². The van der Waals surface area contributed by atoms with Gasteiger partial charge < -0.3 is 10.0 Å². The average molecular weight is 453 g/mol. The molecule has 0 radical (unpaired) electrons. The Labute approximate surface area is 169 Å². The van der Waals surface area contributed by atoms with Crippen LogP contribution in [0.2, 0.25) is 5.02 Å². The number of nitrogens with zero attached hydrogens (tertiary/aromatic N) is 1.